The molecule has 6 aromatic carbocycles. The van der Waals surface area contributed by atoms with Crippen molar-refractivity contribution in [3.8, 4) is 22.3 Å². The van der Waals surface area contributed by atoms with Gasteiger partial charge in [-0.05, 0) is 50.9 Å². The van der Waals surface area contributed by atoms with E-state index in [1.807, 2.05) is 18.2 Å². The Hall–Kier alpha value is -4.82. The van der Waals surface area contributed by atoms with Crippen molar-refractivity contribution < 1.29 is 8.83 Å². The molecular weight excluding hydrogens is 440 g/mol. The SMILES string of the molecule is c1ccc(-c2c3ccccc3c(-c3c4occc4cc4oc5ccccc5c34)c3ccccc23)cc1. The molecule has 2 heterocycles. The van der Waals surface area contributed by atoms with Crippen LogP contribution in [0.3, 0.4) is 0 Å². The van der Waals surface area contributed by atoms with E-state index in [4.69, 9.17) is 8.83 Å². The fourth-order valence-corrected chi connectivity index (χ4v) is 5.87. The molecule has 0 fully saturated rings. The fourth-order valence-electron chi connectivity index (χ4n) is 5.87. The zero-order valence-electron chi connectivity index (χ0n) is 19.4. The first-order valence-electron chi connectivity index (χ1n) is 12.2. The van der Waals surface area contributed by atoms with Gasteiger partial charge in [0, 0.05) is 27.3 Å². The van der Waals surface area contributed by atoms with Crippen LogP contribution in [-0.2, 0) is 0 Å². The summed E-state index contributed by atoms with van der Waals surface area (Å²) >= 11 is 0. The normalized spacial score (nSPS) is 11.9. The molecular formula is C34H20O2. The number of benzene rings is 6. The Balaban J connectivity index is 1.66. The summed E-state index contributed by atoms with van der Waals surface area (Å²) in [5.74, 6) is 0. The summed E-state index contributed by atoms with van der Waals surface area (Å²) in [4.78, 5) is 0. The average Bonchev–Trinajstić information content (AvgIpc) is 3.55. The third-order valence-electron chi connectivity index (χ3n) is 7.33. The van der Waals surface area contributed by atoms with E-state index in [2.05, 4.69) is 97.1 Å². The van der Waals surface area contributed by atoms with E-state index >= 15 is 0 Å². The molecule has 2 nitrogen and oxygen atoms in total. The first-order valence-corrected chi connectivity index (χ1v) is 12.2. The molecule has 0 aliphatic carbocycles. The third-order valence-corrected chi connectivity index (χ3v) is 7.33. The van der Waals surface area contributed by atoms with Gasteiger partial charge in [-0.1, -0.05) is 97.1 Å². The molecule has 2 heteroatoms. The van der Waals surface area contributed by atoms with Crippen molar-refractivity contribution in [3.63, 3.8) is 0 Å². The summed E-state index contributed by atoms with van der Waals surface area (Å²) in [6, 6.07) is 40.5. The minimum Gasteiger partial charge on any atom is -0.464 e. The van der Waals surface area contributed by atoms with E-state index in [0.717, 1.165) is 38.5 Å². The lowest BCUT2D eigenvalue weighted by Crippen LogP contribution is -1.91. The lowest BCUT2D eigenvalue weighted by molar-refractivity contribution is 0.617. The van der Waals surface area contributed by atoms with Gasteiger partial charge in [0.1, 0.15) is 16.7 Å². The molecule has 8 aromatic rings. The van der Waals surface area contributed by atoms with Crippen LogP contribution >= 0.6 is 0 Å². The second-order valence-electron chi connectivity index (χ2n) is 9.27. The van der Waals surface area contributed by atoms with Crippen LogP contribution in [0.15, 0.2) is 130 Å². The second-order valence-corrected chi connectivity index (χ2v) is 9.27. The Morgan fingerprint density at radius 1 is 0.444 bits per heavy atom. The fraction of sp³-hybridized carbons (Fsp3) is 0. The zero-order chi connectivity index (χ0) is 23.6. The topological polar surface area (TPSA) is 26.3 Å². The summed E-state index contributed by atoms with van der Waals surface area (Å²) in [7, 11) is 0. The first kappa shape index (κ1) is 19.5. The maximum atomic E-state index is 6.37. The molecule has 0 saturated heterocycles. The molecule has 2 aromatic heterocycles. The van der Waals surface area contributed by atoms with Crippen molar-refractivity contribution >= 4 is 54.5 Å². The van der Waals surface area contributed by atoms with Crippen molar-refractivity contribution in [2.45, 2.75) is 0 Å². The molecule has 36 heavy (non-hydrogen) atoms. The molecule has 0 N–H and O–H groups in total. The summed E-state index contributed by atoms with van der Waals surface area (Å²) in [5, 5.41) is 8.08. The Bertz CT molecular complexity index is 2030. The summed E-state index contributed by atoms with van der Waals surface area (Å²) in [6.07, 6.45) is 1.78. The van der Waals surface area contributed by atoms with Crippen LogP contribution in [-0.4, -0.2) is 0 Å². The standard InChI is InChI=1S/C34H20O2/c1-2-10-21(11-3-1)30-23-12-4-6-14-25(23)31(26-15-7-5-13-24(26)30)33-32-27-16-8-9-17-28(27)36-29(32)20-22-18-19-35-34(22)33/h1-20H. The average molecular weight is 461 g/mol. The van der Waals surface area contributed by atoms with Gasteiger partial charge in [0.15, 0.2) is 0 Å². The molecule has 0 spiro atoms. The van der Waals surface area contributed by atoms with Crippen molar-refractivity contribution in [3.05, 3.63) is 122 Å². The quantitative estimate of drug-likeness (QED) is 0.240. The van der Waals surface area contributed by atoms with Gasteiger partial charge in [0.25, 0.3) is 0 Å². The lowest BCUT2D eigenvalue weighted by Gasteiger charge is -2.18. The largest absolute Gasteiger partial charge is 0.464 e. The summed E-state index contributed by atoms with van der Waals surface area (Å²) in [5.41, 5.74) is 7.38. The Morgan fingerprint density at radius 3 is 1.72 bits per heavy atom. The van der Waals surface area contributed by atoms with Crippen LogP contribution in [0.5, 0.6) is 0 Å². The zero-order valence-corrected chi connectivity index (χ0v) is 19.4. The van der Waals surface area contributed by atoms with Gasteiger partial charge in [0.05, 0.1) is 6.26 Å². The number of fused-ring (bicyclic) bond motifs is 6. The second kappa shape index (κ2) is 7.34. The van der Waals surface area contributed by atoms with Gasteiger partial charge in [-0.15, -0.1) is 0 Å². The molecule has 0 aliphatic rings. The maximum absolute atomic E-state index is 6.37. The van der Waals surface area contributed by atoms with E-state index in [0.29, 0.717) is 0 Å². The van der Waals surface area contributed by atoms with Crippen molar-refractivity contribution in [1.29, 1.82) is 0 Å². The smallest absolute Gasteiger partial charge is 0.142 e. The molecule has 0 saturated carbocycles. The van der Waals surface area contributed by atoms with Crippen LogP contribution in [0.25, 0.3) is 76.7 Å². The van der Waals surface area contributed by atoms with E-state index in [-0.39, 0.29) is 0 Å². The number of rotatable bonds is 2. The monoisotopic (exact) mass is 460 g/mol. The van der Waals surface area contributed by atoms with Crippen molar-refractivity contribution in [2.24, 2.45) is 0 Å². The van der Waals surface area contributed by atoms with Gasteiger partial charge >= 0.3 is 0 Å². The van der Waals surface area contributed by atoms with E-state index in [1.165, 1.54) is 38.2 Å². The summed E-state index contributed by atoms with van der Waals surface area (Å²) in [6.45, 7) is 0. The predicted molar refractivity (Wildman–Crippen MR) is 149 cm³/mol. The van der Waals surface area contributed by atoms with Crippen LogP contribution in [0.4, 0.5) is 0 Å². The van der Waals surface area contributed by atoms with Gasteiger partial charge in [-0.3, -0.25) is 0 Å². The van der Waals surface area contributed by atoms with Gasteiger partial charge < -0.3 is 8.83 Å². The highest BCUT2D eigenvalue weighted by Crippen LogP contribution is 2.49. The first-order chi connectivity index (χ1) is 17.9. The number of para-hydroxylation sites is 1. The molecule has 0 aliphatic heterocycles. The van der Waals surface area contributed by atoms with Crippen LogP contribution in [0, 0.1) is 0 Å². The summed E-state index contributed by atoms with van der Waals surface area (Å²) < 4.78 is 12.6. The lowest BCUT2D eigenvalue weighted by atomic mass is 9.84. The Labute approximate surface area is 207 Å². The molecule has 0 atom stereocenters. The van der Waals surface area contributed by atoms with E-state index in [9.17, 15) is 0 Å². The number of hydrogen-bond acceptors (Lipinski definition) is 2. The Morgan fingerprint density at radius 2 is 1.03 bits per heavy atom. The molecule has 8 rings (SSSR count). The molecule has 0 unspecified atom stereocenters. The van der Waals surface area contributed by atoms with Crippen molar-refractivity contribution in [1.82, 2.24) is 0 Å². The minimum absolute atomic E-state index is 0.875. The third kappa shape index (κ3) is 2.61. The van der Waals surface area contributed by atoms with Crippen LogP contribution in [0.2, 0.25) is 0 Å². The van der Waals surface area contributed by atoms with Gasteiger partial charge in [-0.2, -0.15) is 0 Å². The van der Waals surface area contributed by atoms with Crippen LogP contribution in [0.1, 0.15) is 0 Å². The molecule has 0 amide bonds. The predicted octanol–water partition coefficient (Wildman–Crippen LogP) is 9.97. The van der Waals surface area contributed by atoms with E-state index in [1.54, 1.807) is 6.26 Å². The van der Waals surface area contributed by atoms with E-state index < -0.39 is 0 Å². The Kier molecular flexibility index (Phi) is 3.97. The highest BCUT2D eigenvalue weighted by atomic mass is 16.3. The van der Waals surface area contributed by atoms with Crippen molar-refractivity contribution in [2.75, 3.05) is 0 Å². The van der Waals surface area contributed by atoms with Gasteiger partial charge in [-0.25, -0.2) is 0 Å². The molecule has 168 valence electrons. The minimum atomic E-state index is 0.875. The number of hydrogen-bond donors (Lipinski definition) is 0. The number of furan rings is 2. The van der Waals surface area contributed by atoms with Gasteiger partial charge in [0.2, 0.25) is 0 Å². The maximum Gasteiger partial charge on any atom is 0.142 e. The highest BCUT2D eigenvalue weighted by Gasteiger charge is 2.23. The highest BCUT2D eigenvalue weighted by molar-refractivity contribution is 6.29. The molecule has 0 radical (unpaired) electrons. The molecule has 0 bridgehead atoms. The van der Waals surface area contributed by atoms with Crippen LogP contribution < -0.4 is 0 Å².